The maximum atomic E-state index is 12.8. The number of halogens is 2. The number of nitrogens with one attached hydrogen (secondary N) is 1. The summed E-state index contributed by atoms with van der Waals surface area (Å²) in [5.74, 6) is 0.394. The number of alkyl halides is 2. The van der Waals surface area contributed by atoms with Gasteiger partial charge in [0.15, 0.2) is 0 Å². The zero-order valence-electron chi connectivity index (χ0n) is 13.8. The van der Waals surface area contributed by atoms with Crippen LogP contribution in [0.3, 0.4) is 0 Å². The highest BCUT2D eigenvalue weighted by Crippen LogP contribution is 2.22. The van der Waals surface area contributed by atoms with Crippen molar-refractivity contribution in [3.8, 4) is 0 Å². The molecule has 0 spiro atoms. The van der Waals surface area contributed by atoms with Crippen LogP contribution in [0, 0.1) is 6.92 Å². The van der Waals surface area contributed by atoms with E-state index < -0.39 is 12.3 Å². The van der Waals surface area contributed by atoms with E-state index in [0.717, 1.165) is 18.9 Å². The van der Waals surface area contributed by atoms with E-state index in [1.807, 2.05) is 6.07 Å². The fraction of sp³-hybridized carbons (Fsp3) is 0.333. The summed E-state index contributed by atoms with van der Waals surface area (Å²) >= 11 is 0. The molecule has 1 aliphatic heterocycles. The van der Waals surface area contributed by atoms with E-state index in [4.69, 9.17) is 4.74 Å². The first-order chi connectivity index (χ1) is 12.0. The predicted molar refractivity (Wildman–Crippen MR) is 91.4 cm³/mol. The quantitative estimate of drug-likeness (QED) is 0.921. The van der Waals surface area contributed by atoms with Crippen molar-refractivity contribution in [2.24, 2.45) is 0 Å². The Balaban J connectivity index is 1.74. The molecule has 25 heavy (non-hydrogen) atoms. The van der Waals surface area contributed by atoms with Gasteiger partial charge in [0.2, 0.25) is 0 Å². The Hall–Kier alpha value is -2.54. The molecule has 1 amide bonds. The molecular weight excluding hydrogens is 328 g/mol. The Morgan fingerprint density at radius 3 is 2.68 bits per heavy atom. The summed E-state index contributed by atoms with van der Waals surface area (Å²) in [6, 6.07) is 9.07. The second-order valence-electron chi connectivity index (χ2n) is 5.78. The molecule has 0 aliphatic carbocycles. The van der Waals surface area contributed by atoms with Crippen molar-refractivity contribution < 1.29 is 18.3 Å². The minimum atomic E-state index is -2.61. The summed E-state index contributed by atoms with van der Waals surface area (Å²) in [7, 11) is 0. The molecule has 2 aromatic rings. The van der Waals surface area contributed by atoms with Gasteiger partial charge in [-0.3, -0.25) is 4.79 Å². The van der Waals surface area contributed by atoms with E-state index in [1.54, 1.807) is 13.0 Å². The van der Waals surface area contributed by atoms with Crippen molar-refractivity contribution in [3.63, 3.8) is 0 Å². The molecule has 0 atom stereocenters. The molecule has 0 unspecified atom stereocenters. The molecule has 2 heterocycles. The number of pyridine rings is 1. The fourth-order valence-corrected chi connectivity index (χ4v) is 2.66. The van der Waals surface area contributed by atoms with E-state index in [9.17, 15) is 13.6 Å². The molecule has 0 radical (unpaired) electrons. The zero-order chi connectivity index (χ0) is 17.8. The standard InChI is InChI=1S/C18H19F2N3O2/c1-12-15(5-6-16(21-12)23-7-9-25-10-8-23)22-18(24)14-4-2-3-13(11-14)17(19)20/h2-6,11,17H,7-10H2,1H3,(H,22,24). The van der Waals surface area contributed by atoms with Crippen LogP contribution in [0.25, 0.3) is 0 Å². The van der Waals surface area contributed by atoms with Crippen molar-refractivity contribution in [1.29, 1.82) is 0 Å². The normalized spacial score (nSPS) is 14.6. The molecule has 1 fully saturated rings. The third kappa shape index (κ3) is 4.11. The number of carbonyl (C=O) groups is 1. The third-order valence-corrected chi connectivity index (χ3v) is 4.06. The van der Waals surface area contributed by atoms with Gasteiger partial charge in [-0.05, 0) is 31.2 Å². The van der Waals surface area contributed by atoms with Crippen LogP contribution in [0.4, 0.5) is 20.3 Å². The molecule has 0 bridgehead atoms. The second-order valence-corrected chi connectivity index (χ2v) is 5.78. The highest BCUT2D eigenvalue weighted by Gasteiger charge is 2.15. The minimum Gasteiger partial charge on any atom is -0.378 e. The van der Waals surface area contributed by atoms with Crippen molar-refractivity contribution in [3.05, 3.63) is 53.2 Å². The van der Waals surface area contributed by atoms with Crippen LogP contribution in [-0.4, -0.2) is 37.2 Å². The van der Waals surface area contributed by atoms with E-state index >= 15 is 0 Å². The van der Waals surface area contributed by atoms with Gasteiger partial charge in [0.1, 0.15) is 5.82 Å². The van der Waals surface area contributed by atoms with Crippen molar-refractivity contribution in [2.45, 2.75) is 13.3 Å². The number of hydrogen-bond donors (Lipinski definition) is 1. The Morgan fingerprint density at radius 2 is 2.00 bits per heavy atom. The fourth-order valence-electron chi connectivity index (χ4n) is 2.66. The highest BCUT2D eigenvalue weighted by atomic mass is 19.3. The van der Waals surface area contributed by atoms with E-state index in [2.05, 4.69) is 15.2 Å². The van der Waals surface area contributed by atoms with Crippen molar-refractivity contribution >= 4 is 17.4 Å². The average Bonchev–Trinajstić information content (AvgIpc) is 2.64. The lowest BCUT2D eigenvalue weighted by molar-refractivity contribution is 0.102. The van der Waals surface area contributed by atoms with Gasteiger partial charge in [-0.15, -0.1) is 0 Å². The maximum Gasteiger partial charge on any atom is 0.263 e. The van der Waals surface area contributed by atoms with Crippen LogP contribution in [0.2, 0.25) is 0 Å². The molecule has 1 N–H and O–H groups in total. The Morgan fingerprint density at radius 1 is 1.24 bits per heavy atom. The Bertz CT molecular complexity index is 762. The van der Waals surface area contributed by atoms with Gasteiger partial charge in [-0.2, -0.15) is 0 Å². The molecule has 3 rings (SSSR count). The number of hydrogen-bond acceptors (Lipinski definition) is 4. The number of ether oxygens (including phenoxy) is 1. The van der Waals surface area contributed by atoms with Crippen LogP contribution in [-0.2, 0) is 4.74 Å². The summed E-state index contributed by atoms with van der Waals surface area (Å²) in [6.45, 7) is 4.69. The molecule has 0 saturated carbocycles. The molecule has 7 heteroatoms. The summed E-state index contributed by atoms with van der Waals surface area (Å²) in [6.07, 6.45) is -2.61. The predicted octanol–water partition coefficient (Wildman–Crippen LogP) is 3.42. The maximum absolute atomic E-state index is 12.8. The van der Waals surface area contributed by atoms with Crippen LogP contribution in [0.15, 0.2) is 36.4 Å². The van der Waals surface area contributed by atoms with E-state index in [1.165, 1.54) is 24.3 Å². The molecule has 1 aromatic heterocycles. The van der Waals surface area contributed by atoms with Gasteiger partial charge >= 0.3 is 0 Å². The van der Waals surface area contributed by atoms with Crippen LogP contribution in [0.1, 0.15) is 28.0 Å². The summed E-state index contributed by atoms with van der Waals surface area (Å²) in [5.41, 5.74) is 1.24. The topological polar surface area (TPSA) is 54.5 Å². The summed E-state index contributed by atoms with van der Waals surface area (Å²) < 4.78 is 30.9. The summed E-state index contributed by atoms with van der Waals surface area (Å²) in [4.78, 5) is 19.0. The first-order valence-electron chi connectivity index (χ1n) is 8.04. The molecule has 1 saturated heterocycles. The lowest BCUT2D eigenvalue weighted by Gasteiger charge is -2.28. The second kappa shape index (κ2) is 7.57. The number of rotatable bonds is 4. The molecular formula is C18H19F2N3O2. The first-order valence-corrected chi connectivity index (χ1v) is 8.04. The average molecular weight is 347 g/mol. The molecule has 1 aromatic carbocycles. The number of nitrogens with zero attached hydrogens (tertiary/aromatic N) is 2. The zero-order valence-corrected chi connectivity index (χ0v) is 13.8. The number of aromatic nitrogens is 1. The number of aryl methyl sites for hydroxylation is 1. The van der Waals surface area contributed by atoms with Gasteiger partial charge in [-0.25, -0.2) is 13.8 Å². The van der Waals surface area contributed by atoms with Crippen LogP contribution < -0.4 is 10.2 Å². The summed E-state index contributed by atoms with van der Waals surface area (Å²) in [5, 5.41) is 2.73. The van der Waals surface area contributed by atoms with Gasteiger partial charge in [-0.1, -0.05) is 12.1 Å². The van der Waals surface area contributed by atoms with Crippen molar-refractivity contribution in [1.82, 2.24) is 4.98 Å². The molecule has 1 aliphatic rings. The van der Waals surface area contributed by atoms with Gasteiger partial charge in [0.05, 0.1) is 24.6 Å². The van der Waals surface area contributed by atoms with Crippen LogP contribution in [0.5, 0.6) is 0 Å². The number of amides is 1. The van der Waals surface area contributed by atoms with E-state index in [0.29, 0.717) is 24.6 Å². The van der Waals surface area contributed by atoms with Gasteiger partial charge in [0, 0.05) is 24.2 Å². The minimum absolute atomic E-state index is 0.176. The number of carbonyl (C=O) groups excluding carboxylic acids is 1. The number of morpholine rings is 1. The molecule has 5 nitrogen and oxygen atoms in total. The van der Waals surface area contributed by atoms with Gasteiger partial charge in [0.25, 0.3) is 12.3 Å². The number of anilines is 2. The Kier molecular flexibility index (Phi) is 5.23. The lowest BCUT2D eigenvalue weighted by Crippen LogP contribution is -2.36. The SMILES string of the molecule is Cc1nc(N2CCOCC2)ccc1NC(=O)c1cccc(C(F)F)c1. The van der Waals surface area contributed by atoms with Crippen LogP contribution >= 0.6 is 0 Å². The third-order valence-electron chi connectivity index (χ3n) is 4.06. The monoisotopic (exact) mass is 347 g/mol. The van der Waals surface area contributed by atoms with Crippen molar-refractivity contribution in [2.75, 3.05) is 36.5 Å². The first kappa shape index (κ1) is 17.3. The molecule has 132 valence electrons. The smallest absolute Gasteiger partial charge is 0.263 e. The lowest BCUT2D eigenvalue weighted by atomic mass is 10.1. The van der Waals surface area contributed by atoms with Gasteiger partial charge < -0.3 is 15.0 Å². The largest absolute Gasteiger partial charge is 0.378 e. The highest BCUT2D eigenvalue weighted by molar-refractivity contribution is 6.04. The number of benzene rings is 1. The Labute approximate surface area is 144 Å². The van der Waals surface area contributed by atoms with E-state index in [-0.39, 0.29) is 11.1 Å².